The zero-order valence-corrected chi connectivity index (χ0v) is 25.9. The summed E-state index contributed by atoms with van der Waals surface area (Å²) in [5.74, 6) is -1.85. The number of esters is 1. The molecule has 0 saturated carbocycles. The van der Waals surface area contributed by atoms with Crippen molar-refractivity contribution in [2.45, 2.75) is 69.3 Å². The van der Waals surface area contributed by atoms with Crippen LogP contribution in [0.2, 0.25) is 0 Å². The summed E-state index contributed by atoms with van der Waals surface area (Å²) in [6.07, 6.45) is -1.68. The lowest BCUT2D eigenvalue weighted by Gasteiger charge is -2.32. The largest absolute Gasteiger partial charge is 0.497 e. The number of carbonyl (C=O) groups excluding carboxylic acids is 3. The van der Waals surface area contributed by atoms with Crippen LogP contribution in [0.5, 0.6) is 17.2 Å². The molecule has 13 nitrogen and oxygen atoms in total. The Morgan fingerprint density at radius 2 is 1.57 bits per heavy atom. The van der Waals surface area contributed by atoms with Gasteiger partial charge in [-0.15, -0.1) is 0 Å². The summed E-state index contributed by atoms with van der Waals surface area (Å²) in [5, 5.41) is 32.1. The third kappa shape index (κ3) is 9.65. The van der Waals surface area contributed by atoms with Gasteiger partial charge in [0.2, 0.25) is 5.91 Å². The first-order chi connectivity index (χ1) is 22.2. The van der Waals surface area contributed by atoms with Gasteiger partial charge in [0.05, 0.1) is 13.2 Å². The minimum absolute atomic E-state index is 0.0112. The van der Waals surface area contributed by atoms with Gasteiger partial charge in [0.15, 0.2) is 29.5 Å². The summed E-state index contributed by atoms with van der Waals surface area (Å²) in [5.41, 5.74) is 1.03. The molecule has 1 amide bonds. The molecule has 2 aromatic carbocycles. The highest BCUT2D eigenvalue weighted by molar-refractivity contribution is 5.96. The molecule has 0 aromatic heterocycles. The Morgan fingerprint density at radius 1 is 0.891 bits per heavy atom. The zero-order chi connectivity index (χ0) is 33.1. The van der Waals surface area contributed by atoms with Crippen LogP contribution in [0.15, 0.2) is 42.5 Å². The van der Waals surface area contributed by atoms with E-state index in [1.54, 1.807) is 49.6 Å². The summed E-state index contributed by atoms with van der Waals surface area (Å²) in [6, 6.07) is 11.0. The molecule has 0 radical (unpaired) electrons. The highest BCUT2D eigenvalue weighted by Crippen LogP contribution is 2.35. The summed E-state index contributed by atoms with van der Waals surface area (Å²) < 4.78 is 22.1. The van der Waals surface area contributed by atoms with Crippen LogP contribution in [0.4, 0.5) is 0 Å². The van der Waals surface area contributed by atoms with Gasteiger partial charge in [0, 0.05) is 24.9 Å². The van der Waals surface area contributed by atoms with Gasteiger partial charge in [-0.1, -0.05) is 12.5 Å². The van der Waals surface area contributed by atoms with E-state index in [4.69, 9.17) is 24.1 Å². The maximum atomic E-state index is 13.2. The molecule has 0 bridgehead atoms. The van der Waals surface area contributed by atoms with Crippen molar-refractivity contribution in [3.8, 4) is 17.2 Å². The predicted octanol–water partition coefficient (Wildman–Crippen LogP) is 2.27. The van der Waals surface area contributed by atoms with E-state index in [0.29, 0.717) is 73.8 Å². The third-order valence-corrected chi connectivity index (χ3v) is 8.02. The number of ether oxygens (including phenoxy) is 4. The van der Waals surface area contributed by atoms with Gasteiger partial charge in [0.1, 0.15) is 25.1 Å². The van der Waals surface area contributed by atoms with Gasteiger partial charge in [-0.25, -0.2) is 9.59 Å². The summed E-state index contributed by atoms with van der Waals surface area (Å²) in [4.78, 5) is 52.0. The molecule has 2 heterocycles. The van der Waals surface area contributed by atoms with Crippen molar-refractivity contribution >= 4 is 23.6 Å². The first-order valence-corrected chi connectivity index (χ1v) is 15.5. The number of likely N-dealkylation sites (tertiary alicyclic amines) is 1. The number of nitrogens with one attached hydrogen (secondary N) is 1. The number of hydrogen-bond acceptors (Lipinski definition) is 11. The highest BCUT2D eigenvalue weighted by Gasteiger charge is 2.37. The number of aliphatic hydroxyl groups excluding tert-OH is 2. The van der Waals surface area contributed by atoms with Crippen LogP contribution >= 0.6 is 0 Å². The van der Waals surface area contributed by atoms with Crippen LogP contribution in [0.3, 0.4) is 0 Å². The second kappa shape index (κ2) is 16.9. The van der Waals surface area contributed by atoms with Crippen molar-refractivity contribution in [2.75, 3.05) is 40.0 Å². The fraction of sp³-hybridized carbons (Fsp3) is 0.515. The van der Waals surface area contributed by atoms with E-state index in [-0.39, 0.29) is 18.1 Å². The first-order valence-electron chi connectivity index (χ1n) is 15.5. The van der Waals surface area contributed by atoms with Gasteiger partial charge in [-0.05, 0) is 80.7 Å². The molecule has 4 atom stereocenters. The average molecular weight is 643 g/mol. The summed E-state index contributed by atoms with van der Waals surface area (Å²) >= 11 is 0. The van der Waals surface area contributed by atoms with Crippen LogP contribution in [-0.4, -0.2) is 102 Å². The maximum Gasteiger partial charge on any atom is 0.339 e. The van der Waals surface area contributed by atoms with E-state index in [0.717, 1.165) is 25.9 Å². The third-order valence-electron chi connectivity index (χ3n) is 8.02. The molecular formula is C33H42N2O11. The number of rotatable bonds is 17. The van der Waals surface area contributed by atoms with Crippen LogP contribution in [0.25, 0.3) is 0 Å². The fourth-order valence-corrected chi connectivity index (χ4v) is 5.49. The number of unbranched alkanes of at least 4 members (excludes halogenated alkanes) is 2. The molecular weight excluding hydrogens is 600 g/mol. The monoisotopic (exact) mass is 642 g/mol. The van der Waals surface area contributed by atoms with E-state index in [1.165, 1.54) is 0 Å². The number of hydrogen-bond donors (Lipinski definition) is 4. The molecule has 0 spiro atoms. The second-order valence-electron chi connectivity index (χ2n) is 11.4. The molecule has 13 heteroatoms. The van der Waals surface area contributed by atoms with Crippen LogP contribution < -0.4 is 19.5 Å². The van der Waals surface area contributed by atoms with Crippen LogP contribution in [-0.2, 0) is 19.1 Å². The van der Waals surface area contributed by atoms with Crippen molar-refractivity contribution in [3.05, 3.63) is 53.6 Å². The van der Waals surface area contributed by atoms with E-state index >= 15 is 0 Å². The Hall–Kier alpha value is -4.20. The normalized spacial score (nSPS) is 16.9. The van der Waals surface area contributed by atoms with E-state index in [2.05, 4.69) is 10.2 Å². The number of aliphatic hydroxyl groups is 2. The van der Waals surface area contributed by atoms with Gasteiger partial charge >= 0.3 is 11.9 Å². The number of nitrogens with zero attached hydrogens (tertiary/aromatic N) is 1. The molecule has 0 unspecified atom stereocenters. The number of Topliss-reactive ketones (excluding diaryl/α,β-unsaturated/α-hetero) is 1. The van der Waals surface area contributed by atoms with Crippen molar-refractivity contribution in [1.29, 1.82) is 0 Å². The number of aliphatic carboxylic acids is 1. The second-order valence-corrected chi connectivity index (χ2v) is 11.4. The summed E-state index contributed by atoms with van der Waals surface area (Å²) in [6.45, 7) is 2.54. The Balaban J connectivity index is 1.43. The lowest BCUT2D eigenvalue weighted by molar-refractivity contribution is -0.175. The van der Waals surface area contributed by atoms with Crippen molar-refractivity contribution in [2.24, 2.45) is 0 Å². The minimum Gasteiger partial charge on any atom is -0.497 e. The zero-order valence-electron chi connectivity index (χ0n) is 25.9. The predicted molar refractivity (Wildman–Crippen MR) is 164 cm³/mol. The van der Waals surface area contributed by atoms with Crippen LogP contribution in [0, 0.1) is 0 Å². The Morgan fingerprint density at radius 3 is 2.24 bits per heavy atom. The van der Waals surface area contributed by atoms with Crippen LogP contribution in [0.1, 0.15) is 67.0 Å². The van der Waals surface area contributed by atoms with Gasteiger partial charge in [-0.3, -0.25) is 9.59 Å². The number of amides is 1. The number of carboxylic acids is 1. The minimum atomic E-state index is -2.39. The number of methoxy groups -OCH3 is 1. The molecule has 46 heavy (non-hydrogen) atoms. The number of benzene rings is 2. The van der Waals surface area contributed by atoms with E-state index in [1.807, 2.05) is 0 Å². The number of fused-ring (bicyclic) bond motifs is 1. The molecule has 1 fully saturated rings. The van der Waals surface area contributed by atoms with Crippen molar-refractivity contribution in [3.63, 3.8) is 0 Å². The fourth-order valence-electron chi connectivity index (χ4n) is 5.49. The lowest BCUT2D eigenvalue weighted by atomic mass is 9.99. The quantitative estimate of drug-likeness (QED) is 0.112. The molecule has 0 aliphatic carbocycles. The van der Waals surface area contributed by atoms with Gasteiger partial charge in [-0.2, -0.15) is 0 Å². The number of carboxylic acid groups (broad SMARTS) is 1. The maximum absolute atomic E-state index is 13.2. The molecule has 250 valence electrons. The number of ketones is 1. The lowest BCUT2D eigenvalue weighted by Crippen LogP contribution is -2.49. The highest BCUT2D eigenvalue weighted by atomic mass is 16.6. The Labute approximate surface area is 267 Å². The average Bonchev–Trinajstić information content (AvgIpc) is 3.58. The van der Waals surface area contributed by atoms with Crippen molar-refractivity contribution < 1.29 is 53.4 Å². The van der Waals surface area contributed by atoms with Crippen molar-refractivity contribution in [1.82, 2.24) is 10.2 Å². The molecule has 1 saturated heterocycles. The summed E-state index contributed by atoms with van der Waals surface area (Å²) in [7, 11) is 1.56. The van der Waals surface area contributed by atoms with Gasteiger partial charge < -0.3 is 44.5 Å². The molecule has 2 aliphatic rings. The van der Waals surface area contributed by atoms with E-state index in [9.17, 15) is 29.4 Å². The topological polar surface area (TPSA) is 181 Å². The molecule has 2 aromatic rings. The standard InChI is InChI=1S/C33H42N2O11/c1-43-23-12-9-21(10-13-23)25(36)7-3-2-4-8-28(37)34-24(20-35-15-5-6-16-35)31(46-33(42)30(39)29(38)32(40)41)22-11-14-26-27(19-22)45-18-17-44-26/h9-14,19,24,29-31,38-39H,2-8,15-18,20H2,1H3,(H,34,37)(H,40,41)/t24-,29+,30+,31-/m1/s1. The first kappa shape index (κ1) is 34.7. The van der Waals surface area contributed by atoms with Gasteiger partial charge in [0.25, 0.3) is 0 Å². The van der Waals surface area contributed by atoms with E-state index < -0.39 is 36.3 Å². The molecule has 4 N–H and O–H groups in total. The molecule has 4 rings (SSSR count). The smallest absolute Gasteiger partial charge is 0.339 e. The Bertz CT molecular complexity index is 1340. The Kier molecular flexibility index (Phi) is 12.8. The number of carbonyl (C=O) groups is 4. The molecule has 2 aliphatic heterocycles. The SMILES string of the molecule is COc1ccc(C(=O)CCCCCC(=O)N[C@H](CN2CCCC2)[C@H](OC(=O)[C@@H](O)[C@H](O)C(=O)O)c2ccc3c(c2)OCCO3)cc1.